The molecule has 1 atom stereocenters. The minimum Gasteiger partial charge on any atom is -0.396 e. The highest BCUT2D eigenvalue weighted by molar-refractivity contribution is 5.57. The molecule has 0 bridgehead atoms. The first-order chi connectivity index (χ1) is 6.27. The van der Waals surface area contributed by atoms with Gasteiger partial charge in [-0.1, -0.05) is 0 Å². The molecule has 5 nitrogen and oxygen atoms in total. The van der Waals surface area contributed by atoms with Gasteiger partial charge in [-0.05, 0) is 18.9 Å². The molecule has 0 saturated carbocycles. The van der Waals surface area contributed by atoms with E-state index in [1.54, 1.807) is 6.07 Å². The molecule has 1 fully saturated rings. The van der Waals surface area contributed by atoms with Gasteiger partial charge in [0.25, 0.3) is 0 Å². The van der Waals surface area contributed by atoms with Crippen LogP contribution in [0.2, 0.25) is 0 Å². The first-order valence-electron chi connectivity index (χ1n) is 4.27. The number of nitrogen functional groups attached to an aromatic ring is 2. The van der Waals surface area contributed by atoms with Crippen molar-refractivity contribution in [1.82, 2.24) is 10.2 Å². The Kier molecular flexibility index (Phi) is 2.02. The second kappa shape index (κ2) is 3.18. The van der Waals surface area contributed by atoms with Crippen LogP contribution in [0.4, 0.5) is 11.5 Å². The van der Waals surface area contributed by atoms with Crippen molar-refractivity contribution in [3.8, 4) is 0 Å². The number of nitrogens with two attached hydrogens (primary N) is 2. The van der Waals surface area contributed by atoms with Crippen molar-refractivity contribution in [2.75, 3.05) is 18.1 Å². The Morgan fingerprint density at radius 2 is 2.23 bits per heavy atom. The fraction of sp³-hybridized carbons (Fsp3) is 0.500. The van der Waals surface area contributed by atoms with Gasteiger partial charge in [0, 0.05) is 6.61 Å². The van der Waals surface area contributed by atoms with Gasteiger partial charge < -0.3 is 16.2 Å². The van der Waals surface area contributed by atoms with Gasteiger partial charge in [0.05, 0.1) is 11.4 Å². The van der Waals surface area contributed by atoms with E-state index in [-0.39, 0.29) is 11.9 Å². The number of anilines is 2. The van der Waals surface area contributed by atoms with Crippen LogP contribution in [-0.4, -0.2) is 16.8 Å². The second-order valence-corrected chi connectivity index (χ2v) is 3.11. The molecule has 2 heterocycles. The molecule has 13 heavy (non-hydrogen) atoms. The molecule has 1 aromatic heterocycles. The number of nitrogens with zero attached hydrogens (tertiary/aromatic N) is 2. The lowest BCUT2D eigenvalue weighted by Crippen LogP contribution is -2.06. The van der Waals surface area contributed by atoms with E-state index < -0.39 is 0 Å². The summed E-state index contributed by atoms with van der Waals surface area (Å²) in [6.07, 6.45) is 2.10. The third-order valence-electron chi connectivity index (χ3n) is 2.13. The summed E-state index contributed by atoms with van der Waals surface area (Å²) in [7, 11) is 0. The summed E-state index contributed by atoms with van der Waals surface area (Å²) in [6.45, 7) is 0.788. The fourth-order valence-electron chi connectivity index (χ4n) is 1.40. The summed E-state index contributed by atoms with van der Waals surface area (Å²) in [4.78, 5) is 0. The van der Waals surface area contributed by atoms with Crippen LogP contribution in [0.3, 0.4) is 0 Å². The van der Waals surface area contributed by atoms with Crippen molar-refractivity contribution in [2.45, 2.75) is 18.9 Å². The zero-order chi connectivity index (χ0) is 9.26. The summed E-state index contributed by atoms with van der Waals surface area (Å²) in [5.41, 5.74) is 12.3. The fourth-order valence-corrected chi connectivity index (χ4v) is 1.40. The predicted octanol–water partition coefficient (Wildman–Crippen LogP) is 0.493. The first kappa shape index (κ1) is 8.25. The van der Waals surface area contributed by atoms with Crippen LogP contribution in [0, 0.1) is 0 Å². The Morgan fingerprint density at radius 1 is 1.38 bits per heavy atom. The largest absolute Gasteiger partial charge is 0.396 e. The molecule has 1 aliphatic rings. The summed E-state index contributed by atoms with van der Waals surface area (Å²) in [5.74, 6) is 0.279. The van der Waals surface area contributed by atoms with Crippen LogP contribution in [-0.2, 0) is 4.74 Å². The van der Waals surface area contributed by atoms with Crippen molar-refractivity contribution in [2.24, 2.45) is 0 Å². The van der Waals surface area contributed by atoms with Crippen molar-refractivity contribution in [1.29, 1.82) is 0 Å². The lowest BCUT2D eigenvalue weighted by atomic mass is 10.1. The van der Waals surface area contributed by atoms with Gasteiger partial charge in [-0.3, -0.25) is 0 Å². The Balaban J connectivity index is 2.25. The minimum absolute atomic E-state index is 0.0513. The van der Waals surface area contributed by atoms with Crippen LogP contribution < -0.4 is 11.5 Å². The maximum Gasteiger partial charge on any atom is 0.169 e. The summed E-state index contributed by atoms with van der Waals surface area (Å²) in [5, 5.41) is 7.69. The lowest BCUT2D eigenvalue weighted by molar-refractivity contribution is 0.108. The van der Waals surface area contributed by atoms with E-state index in [4.69, 9.17) is 16.2 Å². The molecule has 5 heteroatoms. The smallest absolute Gasteiger partial charge is 0.169 e. The highest BCUT2D eigenvalue weighted by atomic mass is 16.5. The van der Waals surface area contributed by atoms with Crippen LogP contribution in [0.5, 0.6) is 0 Å². The molecule has 0 aliphatic carbocycles. The molecular weight excluding hydrogens is 168 g/mol. The third kappa shape index (κ3) is 1.55. The van der Waals surface area contributed by atoms with Crippen molar-refractivity contribution in [3.63, 3.8) is 0 Å². The van der Waals surface area contributed by atoms with Crippen molar-refractivity contribution in [3.05, 3.63) is 11.8 Å². The number of aromatic nitrogens is 2. The Bertz CT molecular complexity index is 309. The summed E-state index contributed by atoms with van der Waals surface area (Å²) < 4.78 is 5.43. The summed E-state index contributed by atoms with van der Waals surface area (Å²) >= 11 is 0. The van der Waals surface area contributed by atoms with Gasteiger partial charge in [-0.15, -0.1) is 5.10 Å². The molecule has 2 rings (SSSR count). The number of ether oxygens (including phenoxy) is 1. The highest BCUT2D eigenvalue weighted by Gasteiger charge is 2.19. The van der Waals surface area contributed by atoms with E-state index in [9.17, 15) is 0 Å². The second-order valence-electron chi connectivity index (χ2n) is 3.11. The molecular formula is C8H12N4O. The van der Waals surface area contributed by atoms with E-state index in [2.05, 4.69) is 10.2 Å². The van der Waals surface area contributed by atoms with Gasteiger partial charge in [-0.2, -0.15) is 5.10 Å². The van der Waals surface area contributed by atoms with E-state index in [0.717, 1.165) is 25.1 Å². The average Bonchev–Trinajstić information content (AvgIpc) is 2.62. The Labute approximate surface area is 76.1 Å². The van der Waals surface area contributed by atoms with Crippen LogP contribution >= 0.6 is 0 Å². The van der Waals surface area contributed by atoms with E-state index in [0.29, 0.717) is 5.69 Å². The van der Waals surface area contributed by atoms with Crippen LogP contribution in [0.25, 0.3) is 0 Å². The monoisotopic (exact) mass is 180 g/mol. The molecule has 0 radical (unpaired) electrons. The minimum atomic E-state index is 0.0513. The zero-order valence-corrected chi connectivity index (χ0v) is 7.23. The SMILES string of the molecule is Nc1cc(C2CCCO2)nnc1N. The predicted molar refractivity (Wildman–Crippen MR) is 48.8 cm³/mol. The normalized spacial score (nSPS) is 22.0. The van der Waals surface area contributed by atoms with Gasteiger partial charge in [-0.25, -0.2) is 0 Å². The lowest BCUT2D eigenvalue weighted by Gasteiger charge is -2.08. The Morgan fingerprint density at radius 3 is 2.85 bits per heavy atom. The molecule has 4 N–H and O–H groups in total. The summed E-state index contributed by atoms with van der Waals surface area (Å²) in [6, 6.07) is 1.73. The maximum absolute atomic E-state index is 5.61. The number of rotatable bonds is 1. The van der Waals surface area contributed by atoms with E-state index in [1.807, 2.05) is 0 Å². The molecule has 70 valence electrons. The Hall–Kier alpha value is -1.36. The highest BCUT2D eigenvalue weighted by Crippen LogP contribution is 2.28. The quantitative estimate of drug-likeness (QED) is 0.656. The van der Waals surface area contributed by atoms with Gasteiger partial charge in [0.1, 0.15) is 6.10 Å². The molecule has 1 unspecified atom stereocenters. The van der Waals surface area contributed by atoms with Crippen molar-refractivity contribution >= 4 is 11.5 Å². The molecule has 0 amide bonds. The van der Waals surface area contributed by atoms with Crippen LogP contribution in [0.1, 0.15) is 24.6 Å². The molecule has 0 spiro atoms. The molecule has 0 aromatic carbocycles. The number of hydrogen-bond donors (Lipinski definition) is 2. The topological polar surface area (TPSA) is 87.0 Å². The average molecular weight is 180 g/mol. The van der Waals surface area contributed by atoms with Crippen molar-refractivity contribution < 1.29 is 4.74 Å². The maximum atomic E-state index is 5.61. The number of hydrogen-bond acceptors (Lipinski definition) is 5. The van der Waals surface area contributed by atoms with E-state index >= 15 is 0 Å². The van der Waals surface area contributed by atoms with E-state index in [1.165, 1.54) is 0 Å². The molecule has 1 aliphatic heterocycles. The van der Waals surface area contributed by atoms with Gasteiger partial charge >= 0.3 is 0 Å². The third-order valence-corrected chi connectivity index (χ3v) is 2.13. The van der Waals surface area contributed by atoms with Crippen LogP contribution in [0.15, 0.2) is 6.07 Å². The first-order valence-corrected chi connectivity index (χ1v) is 4.27. The van der Waals surface area contributed by atoms with Gasteiger partial charge in [0.2, 0.25) is 0 Å². The van der Waals surface area contributed by atoms with Gasteiger partial charge in [0.15, 0.2) is 5.82 Å². The molecule has 1 aromatic rings. The zero-order valence-electron chi connectivity index (χ0n) is 7.23. The molecule has 1 saturated heterocycles. The standard InChI is InChI=1S/C8H12N4O/c9-5-4-6(11-12-8(5)10)7-2-1-3-13-7/h4,7H,1-3H2,(H2,9,11)(H2,10,12).